The van der Waals surface area contributed by atoms with E-state index in [2.05, 4.69) is 10.1 Å². The number of nitrogens with zero attached hydrogens (tertiary/aromatic N) is 3. The summed E-state index contributed by atoms with van der Waals surface area (Å²) in [4.78, 5) is 18.1. The van der Waals surface area contributed by atoms with Gasteiger partial charge in [0.2, 0.25) is 0 Å². The van der Waals surface area contributed by atoms with Crippen molar-refractivity contribution in [2.45, 2.75) is 25.9 Å². The summed E-state index contributed by atoms with van der Waals surface area (Å²) in [5.74, 6) is 1.32. The number of aryl methyl sites for hydroxylation is 1. The molecule has 1 saturated heterocycles. The smallest absolute Gasteiger partial charge is 0.276 e. The van der Waals surface area contributed by atoms with Gasteiger partial charge in [-0.2, -0.15) is 0 Å². The summed E-state index contributed by atoms with van der Waals surface area (Å²) in [6.07, 6.45) is 5.24. The second-order valence-electron chi connectivity index (χ2n) is 5.14. The number of likely N-dealkylation sites (tertiary alicyclic amines) is 1. The fourth-order valence-corrected chi connectivity index (χ4v) is 2.46. The molecule has 0 saturated carbocycles. The lowest BCUT2D eigenvalue weighted by molar-refractivity contribution is 0.0528. The van der Waals surface area contributed by atoms with Crippen LogP contribution in [0, 0.1) is 6.92 Å². The molecular formula is C15H17N3O3. The predicted molar refractivity (Wildman–Crippen MR) is 75.0 cm³/mol. The molecule has 1 amide bonds. The first kappa shape index (κ1) is 13.6. The molecule has 110 valence electrons. The molecule has 0 aromatic carbocycles. The number of piperidine rings is 1. The van der Waals surface area contributed by atoms with E-state index in [-0.39, 0.29) is 12.0 Å². The van der Waals surface area contributed by atoms with Crippen LogP contribution in [0.15, 0.2) is 35.1 Å². The van der Waals surface area contributed by atoms with Crippen LogP contribution in [0.2, 0.25) is 0 Å². The van der Waals surface area contributed by atoms with E-state index in [0.717, 1.165) is 25.1 Å². The summed E-state index contributed by atoms with van der Waals surface area (Å²) in [5.41, 5.74) is 0.358. The number of hydrogen-bond acceptors (Lipinski definition) is 5. The van der Waals surface area contributed by atoms with Crippen molar-refractivity contribution in [1.82, 2.24) is 15.0 Å². The average molecular weight is 287 g/mol. The van der Waals surface area contributed by atoms with Crippen molar-refractivity contribution in [2.75, 3.05) is 13.1 Å². The third kappa shape index (κ3) is 3.21. The van der Waals surface area contributed by atoms with Gasteiger partial charge in [0, 0.05) is 25.0 Å². The zero-order valence-electron chi connectivity index (χ0n) is 11.9. The molecule has 0 bridgehead atoms. The van der Waals surface area contributed by atoms with Crippen LogP contribution in [0.3, 0.4) is 0 Å². The lowest BCUT2D eigenvalue weighted by Crippen LogP contribution is -2.44. The largest absolute Gasteiger partial charge is 0.488 e. The third-order valence-corrected chi connectivity index (χ3v) is 3.46. The highest BCUT2D eigenvalue weighted by Gasteiger charge is 2.27. The first-order valence-corrected chi connectivity index (χ1v) is 7.01. The zero-order valence-corrected chi connectivity index (χ0v) is 11.9. The van der Waals surface area contributed by atoms with Gasteiger partial charge >= 0.3 is 0 Å². The van der Waals surface area contributed by atoms with Crippen molar-refractivity contribution in [3.05, 3.63) is 42.0 Å². The van der Waals surface area contributed by atoms with Crippen LogP contribution in [-0.2, 0) is 0 Å². The molecule has 2 aromatic rings. The van der Waals surface area contributed by atoms with Crippen molar-refractivity contribution in [3.8, 4) is 5.75 Å². The van der Waals surface area contributed by atoms with Gasteiger partial charge in [0.15, 0.2) is 5.69 Å². The predicted octanol–water partition coefficient (Wildman–Crippen LogP) is 2.06. The van der Waals surface area contributed by atoms with Crippen molar-refractivity contribution < 1.29 is 14.1 Å². The minimum absolute atomic E-state index is 0.00176. The maximum atomic E-state index is 12.3. The number of rotatable bonds is 3. The van der Waals surface area contributed by atoms with Gasteiger partial charge in [-0.05, 0) is 31.9 Å². The first-order valence-electron chi connectivity index (χ1n) is 7.01. The maximum absolute atomic E-state index is 12.3. The van der Waals surface area contributed by atoms with Crippen molar-refractivity contribution in [1.29, 1.82) is 0 Å². The summed E-state index contributed by atoms with van der Waals surface area (Å²) in [5, 5.41) is 3.78. The molecule has 6 heteroatoms. The Morgan fingerprint density at radius 1 is 1.43 bits per heavy atom. The number of carbonyl (C=O) groups excluding carboxylic acids is 1. The lowest BCUT2D eigenvalue weighted by atomic mass is 10.1. The first-order chi connectivity index (χ1) is 10.2. The highest BCUT2D eigenvalue weighted by Crippen LogP contribution is 2.19. The lowest BCUT2D eigenvalue weighted by Gasteiger charge is -2.32. The fourth-order valence-electron chi connectivity index (χ4n) is 2.46. The normalized spacial score (nSPS) is 18.5. The minimum Gasteiger partial charge on any atom is -0.488 e. The van der Waals surface area contributed by atoms with E-state index in [0.29, 0.717) is 18.0 Å². The molecular weight excluding hydrogens is 270 g/mol. The van der Waals surface area contributed by atoms with Gasteiger partial charge in [-0.1, -0.05) is 5.16 Å². The SMILES string of the molecule is Cc1cc(C(=O)N2CCC[C@@H](Oc3ccncc3)C2)no1. The molecule has 0 spiro atoms. The zero-order chi connectivity index (χ0) is 14.7. The Bertz CT molecular complexity index is 612. The Labute approximate surface area is 122 Å². The highest BCUT2D eigenvalue weighted by molar-refractivity contribution is 5.92. The second kappa shape index (κ2) is 5.95. The van der Waals surface area contributed by atoms with Crippen LogP contribution in [-0.4, -0.2) is 40.1 Å². The third-order valence-electron chi connectivity index (χ3n) is 3.46. The van der Waals surface area contributed by atoms with Gasteiger partial charge in [0.25, 0.3) is 5.91 Å². The number of carbonyl (C=O) groups is 1. The summed E-state index contributed by atoms with van der Waals surface area (Å²) < 4.78 is 10.9. The van der Waals surface area contributed by atoms with E-state index in [9.17, 15) is 4.79 Å². The minimum atomic E-state index is -0.102. The van der Waals surface area contributed by atoms with E-state index in [1.165, 1.54) is 0 Å². The summed E-state index contributed by atoms with van der Waals surface area (Å²) in [7, 11) is 0. The second-order valence-corrected chi connectivity index (χ2v) is 5.14. The van der Waals surface area contributed by atoms with Gasteiger partial charge in [-0.15, -0.1) is 0 Å². The van der Waals surface area contributed by atoms with E-state index in [1.54, 1.807) is 30.3 Å². The van der Waals surface area contributed by atoms with Crippen molar-refractivity contribution in [3.63, 3.8) is 0 Å². The standard InChI is InChI=1S/C15H17N3O3/c1-11-9-14(17-21-11)15(19)18-8-2-3-13(10-18)20-12-4-6-16-7-5-12/h4-7,9,13H,2-3,8,10H2,1H3/t13-/m1/s1. The van der Waals surface area contributed by atoms with E-state index < -0.39 is 0 Å². The molecule has 3 rings (SSSR count). The molecule has 1 atom stereocenters. The van der Waals surface area contributed by atoms with E-state index in [4.69, 9.17) is 9.26 Å². The molecule has 0 radical (unpaired) electrons. The quantitative estimate of drug-likeness (QED) is 0.864. The fraction of sp³-hybridized carbons (Fsp3) is 0.400. The van der Waals surface area contributed by atoms with E-state index >= 15 is 0 Å². The van der Waals surface area contributed by atoms with Crippen LogP contribution in [0.4, 0.5) is 0 Å². The van der Waals surface area contributed by atoms with Crippen molar-refractivity contribution >= 4 is 5.91 Å². The Hall–Kier alpha value is -2.37. The molecule has 0 unspecified atom stereocenters. The molecule has 21 heavy (non-hydrogen) atoms. The topological polar surface area (TPSA) is 68.5 Å². The average Bonchev–Trinajstić information content (AvgIpc) is 2.94. The monoisotopic (exact) mass is 287 g/mol. The Balaban J connectivity index is 1.64. The molecule has 6 nitrogen and oxygen atoms in total. The van der Waals surface area contributed by atoms with E-state index in [1.807, 2.05) is 12.1 Å². The summed E-state index contributed by atoms with van der Waals surface area (Å²) >= 11 is 0. The van der Waals surface area contributed by atoms with Crippen LogP contribution in [0.25, 0.3) is 0 Å². The van der Waals surface area contributed by atoms with Gasteiger partial charge in [-0.3, -0.25) is 9.78 Å². The molecule has 2 aromatic heterocycles. The van der Waals surface area contributed by atoms with Gasteiger partial charge in [-0.25, -0.2) is 0 Å². The van der Waals surface area contributed by atoms with Crippen LogP contribution < -0.4 is 4.74 Å². The van der Waals surface area contributed by atoms with Gasteiger partial charge in [0.1, 0.15) is 17.6 Å². The number of hydrogen-bond donors (Lipinski definition) is 0. The molecule has 1 aliphatic heterocycles. The van der Waals surface area contributed by atoms with Crippen molar-refractivity contribution in [2.24, 2.45) is 0 Å². The number of ether oxygens (including phenoxy) is 1. The summed E-state index contributed by atoms with van der Waals surface area (Å²) in [6, 6.07) is 5.30. The van der Waals surface area contributed by atoms with Crippen LogP contribution in [0.1, 0.15) is 29.1 Å². The number of amides is 1. The molecule has 3 heterocycles. The highest BCUT2D eigenvalue weighted by atomic mass is 16.5. The Morgan fingerprint density at radius 2 is 2.24 bits per heavy atom. The van der Waals surface area contributed by atoms with Gasteiger partial charge < -0.3 is 14.2 Å². The Morgan fingerprint density at radius 3 is 2.95 bits per heavy atom. The van der Waals surface area contributed by atoms with Crippen LogP contribution >= 0.6 is 0 Å². The maximum Gasteiger partial charge on any atom is 0.276 e. The molecule has 0 aliphatic carbocycles. The molecule has 1 fully saturated rings. The number of aromatic nitrogens is 2. The summed E-state index contributed by atoms with van der Waals surface area (Å²) in [6.45, 7) is 3.06. The van der Waals surface area contributed by atoms with Gasteiger partial charge in [0.05, 0.1) is 6.54 Å². The molecule has 0 N–H and O–H groups in total. The number of pyridine rings is 1. The van der Waals surface area contributed by atoms with Crippen LogP contribution in [0.5, 0.6) is 5.75 Å². The Kier molecular flexibility index (Phi) is 3.85. The molecule has 1 aliphatic rings.